The lowest BCUT2D eigenvalue weighted by Gasteiger charge is -2.41. The van der Waals surface area contributed by atoms with E-state index in [2.05, 4.69) is 22.1 Å². The van der Waals surface area contributed by atoms with Gasteiger partial charge in [-0.15, -0.1) is 0 Å². The van der Waals surface area contributed by atoms with E-state index < -0.39 is 0 Å². The second-order valence-corrected chi connectivity index (χ2v) is 4.78. The summed E-state index contributed by atoms with van der Waals surface area (Å²) in [5, 5.41) is 4.06. The van der Waals surface area contributed by atoms with Crippen LogP contribution in [0.2, 0.25) is 5.15 Å². The van der Waals surface area contributed by atoms with E-state index in [9.17, 15) is 0 Å². The number of aromatic nitrogens is 1. The van der Waals surface area contributed by atoms with Crippen LogP contribution in [0.5, 0.6) is 0 Å². The minimum Gasteiger partial charge on any atom is -0.366 e. The zero-order valence-electron chi connectivity index (χ0n) is 8.76. The van der Waals surface area contributed by atoms with Gasteiger partial charge in [0, 0.05) is 19.1 Å². The summed E-state index contributed by atoms with van der Waals surface area (Å²) in [6, 6.07) is 2.49. The van der Waals surface area contributed by atoms with Crippen molar-refractivity contribution in [2.75, 3.05) is 23.3 Å². The van der Waals surface area contributed by atoms with E-state index in [4.69, 9.17) is 11.6 Å². The summed E-state index contributed by atoms with van der Waals surface area (Å²) >= 11 is 5.97. The third-order valence-electron chi connectivity index (χ3n) is 3.23. The Balaban J connectivity index is 2.12. The zero-order chi connectivity index (χ0) is 10.4. The van der Waals surface area contributed by atoms with Crippen molar-refractivity contribution in [2.24, 2.45) is 0 Å². The zero-order valence-corrected chi connectivity index (χ0v) is 9.51. The van der Waals surface area contributed by atoms with E-state index in [1.165, 1.54) is 24.1 Å². The number of hydrogen-bond acceptors (Lipinski definition) is 3. The Hall–Kier alpha value is -0.960. The number of piperidine rings is 1. The molecule has 1 aromatic heterocycles. The first-order valence-corrected chi connectivity index (χ1v) is 5.80. The van der Waals surface area contributed by atoms with Crippen molar-refractivity contribution in [3.05, 3.63) is 16.8 Å². The normalized spacial score (nSPS) is 23.3. The van der Waals surface area contributed by atoms with Crippen molar-refractivity contribution < 1.29 is 0 Å². The third kappa shape index (κ3) is 1.46. The van der Waals surface area contributed by atoms with Crippen LogP contribution in [0.3, 0.4) is 0 Å². The molecule has 3 heterocycles. The first-order valence-electron chi connectivity index (χ1n) is 5.42. The first kappa shape index (κ1) is 9.28. The Morgan fingerprint density at radius 2 is 2.47 bits per heavy atom. The van der Waals surface area contributed by atoms with E-state index in [0.717, 1.165) is 18.9 Å². The van der Waals surface area contributed by atoms with Crippen LogP contribution in [0.4, 0.5) is 11.5 Å². The standard InChI is InChI=1S/C11H14ClN3/c1-7-5-9(12)14-11-10(7)15-4-2-3-8(6-15)13-11/h5,8H,2-4,6H2,1H3,(H,13,14)/t8-/m0/s1. The highest BCUT2D eigenvalue weighted by Gasteiger charge is 2.29. The maximum Gasteiger partial charge on any atom is 0.151 e. The number of nitrogens with zero attached hydrogens (tertiary/aromatic N) is 2. The molecule has 1 aromatic rings. The summed E-state index contributed by atoms with van der Waals surface area (Å²) in [6.07, 6.45) is 2.50. The van der Waals surface area contributed by atoms with Gasteiger partial charge in [0.15, 0.2) is 5.82 Å². The lowest BCUT2D eigenvalue weighted by molar-refractivity contribution is 0.515. The van der Waals surface area contributed by atoms with Gasteiger partial charge < -0.3 is 10.2 Å². The molecule has 0 saturated carbocycles. The fourth-order valence-electron chi connectivity index (χ4n) is 2.62. The fourth-order valence-corrected chi connectivity index (χ4v) is 2.87. The molecule has 0 aromatic carbocycles. The number of aryl methyl sites for hydroxylation is 1. The summed E-state index contributed by atoms with van der Waals surface area (Å²) < 4.78 is 0. The number of nitrogens with one attached hydrogen (secondary N) is 1. The lowest BCUT2D eigenvalue weighted by Crippen LogP contribution is -2.46. The highest BCUT2D eigenvalue weighted by molar-refractivity contribution is 6.29. The number of hydrogen-bond donors (Lipinski definition) is 1. The van der Waals surface area contributed by atoms with Crippen LogP contribution in [0, 0.1) is 6.92 Å². The minimum absolute atomic E-state index is 0.552. The molecule has 1 N–H and O–H groups in total. The second-order valence-electron chi connectivity index (χ2n) is 4.39. The fraction of sp³-hybridized carbons (Fsp3) is 0.545. The van der Waals surface area contributed by atoms with Gasteiger partial charge in [-0.1, -0.05) is 11.6 Å². The molecule has 2 aliphatic heterocycles. The Morgan fingerprint density at radius 3 is 3.33 bits per heavy atom. The van der Waals surface area contributed by atoms with E-state index in [-0.39, 0.29) is 0 Å². The van der Waals surface area contributed by atoms with Crippen molar-refractivity contribution in [1.82, 2.24) is 4.98 Å². The quantitative estimate of drug-likeness (QED) is 0.685. The van der Waals surface area contributed by atoms with Gasteiger partial charge in [0.25, 0.3) is 0 Å². The van der Waals surface area contributed by atoms with Crippen LogP contribution < -0.4 is 10.2 Å². The lowest BCUT2D eigenvalue weighted by atomic mass is 10.0. The summed E-state index contributed by atoms with van der Waals surface area (Å²) in [4.78, 5) is 6.80. The number of anilines is 2. The van der Waals surface area contributed by atoms with E-state index in [1.807, 2.05) is 6.07 Å². The summed E-state index contributed by atoms with van der Waals surface area (Å²) in [6.45, 7) is 4.36. The van der Waals surface area contributed by atoms with Gasteiger partial charge in [-0.25, -0.2) is 4.98 Å². The Morgan fingerprint density at radius 1 is 1.60 bits per heavy atom. The largest absolute Gasteiger partial charge is 0.366 e. The molecule has 4 heteroatoms. The molecular weight excluding hydrogens is 210 g/mol. The molecule has 0 unspecified atom stereocenters. The molecule has 15 heavy (non-hydrogen) atoms. The average Bonchev–Trinajstić information content (AvgIpc) is 2.15. The van der Waals surface area contributed by atoms with Gasteiger partial charge in [-0.2, -0.15) is 0 Å². The van der Waals surface area contributed by atoms with E-state index >= 15 is 0 Å². The van der Waals surface area contributed by atoms with E-state index in [1.54, 1.807) is 0 Å². The van der Waals surface area contributed by atoms with Crippen molar-refractivity contribution >= 4 is 23.1 Å². The van der Waals surface area contributed by atoms with Crippen LogP contribution in [-0.4, -0.2) is 24.1 Å². The van der Waals surface area contributed by atoms with Crippen molar-refractivity contribution in [1.29, 1.82) is 0 Å². The molecular formula is C11H14ClN3. The monoisotopic (exact) mass is 223 g/mol. The SMILES string of the molecule is Cc1cc(Cl)nc2c1N1CCC[C@@H](C1)N2. The highest BCUT2D eigenvalue weighted by atomic mass is 35.5. The highest BCUT2D eigenvalue weighted by Crippen LogP contribution is 2.36. The molecule has 3 rings (SSSR count). The van der Waals surface area contributed by atoms with Gasteiger partial charge in [0.1, 0.15) is 5.15 Å². The topological polar surface area (TPSA) is 28.2 Å². The van der Waals surface area contributed by atoms with Crippen LogP contribution >= 0.6 is 11.6 Å². The second kappa shape index (κ2) is 3.27. The predicted molar refractivity (Wildman–Crippen MR) is 62.8 cm³/mol. The molecule has 80 valence electrons. The Kier molecular flexibility index (Phi) is 2.02. The molecule has 1 fully saturated rings. The molecule has 2 bridgehead atoms. The number of rotatable bonds is 0. The van der Waals surface area contributed by atoms with Crippen molar-refractivity contribution in [2.45, 2.75) is 25.8 Å². The minimum atomic E-state index is 0.552. The van der Waals surface area contributed by atoms with Gasteiger partial charge in [0.2, 0.25) is 0 Å². The Bertz CT molecular complexity index is 405. The molecule has 3 nitrogen and oxygen atoms in total. The van der Waals surface area contributed by atoms with E-state index in [0.29, 0.717) is 11.2 Å². The predicted octanol–water partition coefficient (Wildman–Crippen LogP) is 2.44. The molecule has 0 amide bonds. The summed E-state index contributed by atoms with van der Waals surface area (Å²) in [5.41, 5.74) is 2.47. The molecule has 2 aliphatic rings. The number of pyridine rings is 1. The van der Waals surface area contributed by atoms with Gasteiger partial charge >= 0.3 is 0 Å². The van der Waals surface area contributed by atoms with Crippen molar-refractivity contribution in [3.8, 4) is 0 Å². The van der Waals surface area contributed by atoms with Gasteiger partial charge in [-0.05, 0) is 31.4 Å². The van der Waals surface area contributed by atoms with Crippen LogP contribution in [0.25, 0.3) is 0 Å². The summed E-state index contributed by atoms with van der Waals surface area (Å²) in [7, 11) is 0. The van der Waals surface area contributed by atoms with Crippen LogP contribution in [0.1, 0.15) is 18.4 Å². The third-order valence-corrected chi connectivity index (χ3v) is 3.42. The van der Waals surface area contributed by atoms with Gasteiger partial charge in [0.05, 0.1) is 5.69 Å². The molecule has 0 spiro atoms. The molecule has 1 atom stereocenters. The maximum atomic E-state index is 5.97. The average molecular weight is 224 g/mol. The maximum absolute atomic E-state index is 5.97. The number of fused-ring (bicyclic) bond motifs is 4. The molecule has 0 aliphatic carbocycles. The van der Waals surface area contributed by atoms with Crippen LogP contribution in [-0.2, 0) is 0 Å². The smallest absolute Gasteiger partial charge is 0.151 e. The molecule has 1 saturated heterocycles. The Labute approximate surface area is 94.4 Å². The van der Waals surface area contributed by atoms with Crippen LogP contribution in [0.15, 0.2) is 6.07 Å². The van der Waals surface area contributed by atoms with Gasteiger partial charge in [-0.3, -0.25) is 0 Å². The van der Waals surface area contributed by atoms with Crippen molar-refractivity contribution in [3.63, 3.8) is 0 Å². The first-order chi connectivity index (χ1) is 7.24. The molecule has 0 radical (unpaired) electrons. The summed E-state index contributed by atoms with van der Waals surface area (Å²) in [5.74, 6) is 0.968. The number of halogens is 1.